The molecule has 36 heavy (non-hydrogen) atoms. The number of carbonyl (C=O) groups excluding carboxylic acids is 1. The number of halogens is 1. The lowest BCUT2D eigenvalue weighted by Crippen LogP contribution is -3.00. The van der Waals surface area contributed by atoms with Gasteiger partial charge in [-0.25, -0.2) is 9.13 Å². The van der Waals surface area contributed by atoms with E-state index >= 15 is 0 Å². The largest absolute Gasteiger partial charge is 1.00 e. The van der Waals surface area contributed by atoms with E-state index in [1.54, 1.807) is 7.11 Å². The van der Waals surface area contributed by atoms with E-state index in [9.17, 15) is 4.79 Å². The van der Waals surface area contributed by atoms with Gasteiger partial charge >= 0.3 is 0 Å². The Labute approximate surface area is 222 Å². The highest BCUT2D eigenvalue weighted by atomic mass is 79.9. The van der Waals surface area contributed by atoms with Crippen molar-refractivity contribution >= 4 is 16.8 Å². The molecule has 0 spiro atoms. The van der Waals surface area contributed by atoms with E-state index < -0.39 is 0 Å². The number of imidazole rings is 1. The van der Waals surface area contributed by atoms with Crippen molar-refractivity contribution < 1.29 is 35.8 Å². The molecule has 7 heteroatoms. The molecule has 0 N–H and O–H groups in total. The van der Waals surface area contributed by atoms with Crippen molar-refractivity contribution in [3.63, 3.8) is 0 Å². The van der Waals surface area contributed by atoms with Gasteiger partial charge in [-0.3, -0.25) is 9.69 Å². The predicted molar refractivity (Wildman–Crippen MR) is 136 cm³/mol. The van der Waals surface area contributed by atoms with Crippen LogP contribution in [0.5, 0.6) is 5.75 Å². The summed E-state index contributed by atoms with van der Waals surface area (Å²) in [7, 11) is 1.63. The number of hydrogen-bond acceptors (Lipinski definition) is 4. The molecule has 1 aromatic heterocycles. The molecule has 1 aliphatic heterocycles. The standard InChI is InChI=1S/C29H32N3O3.BrH/c1-34-25-13-11-24(12-14-25)28(33)22-32-27-10-6-5-9-26(27)31(16-15-30-17-19-35-20-18-30)29(32)21-23-7-3-2-4-8-23;/h2-14H,15-22H2,1H3;1H/q+1;/p-1. The van der Waals surface area contributed by atoms with Crippen LogP contribution in [0.3, 0.4) is 0 Å². The molecule has 0 bridgehead atoms. The van der Waals surface area contributed by atoms with Gasteiger partial charge in [-0.05, 0) is 42.0 Å². The first-order chi connectivity index (χ1) is 17.2. The number of ether oxygens (including phenoxy) is 2. The minimum atomic E-state index is 0. The maximum Gasteiger partial charge on any atom is 0.262 e. The summed E-state index contributed by atoms with van der Waals surface area (Å²) >= 11 is 0. The first-order valence-electron chi connectivity index (χ1n) is 12.2. The zero-order valence-electron chi connectivity index (χ0n) is 20.6. The van der Waals surface area contributed by atoms with Gasteiger partial charge in [0.1, 0.15) is 12.3 Å². The number of Topliss-reactive ketones (excluding diaryl/α,β-unsaturated/α-hetero) is 1. The van der Waals surface area contributed by atoms with E-state index in [2.05, 4.69) is 62.6 Å². The van der Waals surface area contributed by atoms with Crippen molar-refractivity contribution in [1.82, 2.24) is 9.47 Å². The molecular weight excluding hydrogens is 518 g/mol. The molecule has 188 valence electrons. The molecule has 0 saturated carbocycles. The maximum atomic E-state index is 13.4. The molecule has 3 aromatic carbocycles. The average molecular weight is 550 g/mol. The number of morpholine rings is 1. The molecule has 1 aliphatic rings. The van der Waals surface area contributed by atoms with Crippen molar-refractivity contribution in [3.8, 4) is 5.75 Å². The lowest BCUT2D eigenvalue weighted by Gasteiger charge is -2.25. The summed E-state index contributed by atoms with van der Waals surface area (Å²) in [4.78, 5) is 15.8. The summed E-state index contributed by atoms with van der Waals surface area (Å²) < 4.78 is 15.4. The molecule has 0 unspecified atom stereocenters. The second-order valence-electron chi connectivity index (χ2n) is 8.91. The Morgan fingerprint density at radius 3 is 2.33 bits per heavy atom. The van der Waals surface area contributed by atoms with Crippen LogP contribution >= 0.6 is 0 Å². The third-order valence-corrected chi connectivity index (χ3v) is 6.75. The number of fused-ring (bicyclic) bond motifs is 1. The van der Waals surface area contributed by atoms with Gasteiger partial charge < -0.3 is 26.5 Å². The molecule has 1 saturated heterocycles. The molecule has 0 amide bonds. The van der Waals surface area contributed by atoms with E-state index in [1.807, 2.05) is 30.3 Å². The second-order valence-corrected chi connectivity index (χ2v) is 8.91. The van der Waals surface area contributed by atoms with Gasteiger partial charge in [-0.1, -0.05) is 42.5 Å². The summed E-state index contributed by atoms with van der Waals surface area (Å²) in [6.07, 6.45) is 0.758. The average Bonchev–Trinajstić information content (AvgIpc) is 3.20. The number of nitrogens with zero attached hydrogens (tertiary/aromatic N) is 3. The van der Waals surface area contributed by atoms with Crippen LogP contribution in [0.1, 0.15) is 21.7 Å². The van der Waals surface area contributed by atoms with E-state index in [0.29, 0.717) is 12.1 Å². The fourth-order valence-electron chi connectivity index (χ4n) is 4.82. The summed E-state index contributed by atoms with van der Waals surface area (Å²) in [6, 6.07) is 26.3. The van der Waals surface area contributed by atoms with Crippen LogP contribution in [0.2, 0.25) is 0 Å². The van der Waals surface area contributed by atoms with Crippen LogP contribution in [0.25, 0.3) is 11.0 Å². The van der Waals surface area contributed by atoms with Gasteiger partial charge in [0.25, 0.3) is 5.82 Å². The third-order valence-electron chi connectivity index (χ3n) is 6.75. The van der Waals surface area contributed by atoms with Crippen LogP contribution in [-0.4, -0.2) is 55.2 Å². The molecule has 2 heterocycles. The molecule has 5 rings (SSSR count). The lowest BCUT2D eigenvalue weighted by atomic mass is 10.1. The molecule has 0 radical (unpaired) electrons. The minimum absolute atomic E-state index is 0. The highest BCUT2D eigenvalue weighted by Crippen LogP contribution is 2.19. The smallest absolute Gasteiger partial charge is 0.262 e. The maximum absolute atomic E-state index is 13.4. The van der Waals surface area contributed by atoms with Crippen LogP contribution < -0.4 is 26.3 Å². The fraction of sp³-hybridized carbons (Fsp3) is 0.310. The Bertz CT molecular complexity index is 1280. The Hall–Kier alpha value is -3.00. The van der Waals surface area contributed by atoms with Crippen molar-refractivity contribution in [1.29, 1.82) is 0 Å². The van der Waals surface area contributed by atoms with Gasteiger partial charge in [0.15, 0.2) is 17.6 Å². The molecule has 4 aromatic rings. The van der Waals surface area contributed by atoms with Gasteiger partial charge in [-0.15, -0.1) is 0 Å². The van der Waals surface area contributed by atoms with E-state index in [0.717, 1.165) is 68.4 Å². The molecule has 6 nitrogen and oxygen atoms in total. The topological polar surface area (TPSA) is 47.6 Å². The number of benzene rings is 3. The fourth-order valence-corrected chi connectivity index (χ4v) is 4.82. The third kappa shape index (κ3) is 5.86. The highest BCUT2D eigenvalue weighted by molar-refractivity contribution is 5.95. The van der Waals surface area contributed by atoms with Gasteiger partial charge in [0.2, 0.25) is 5.78 Å². The summed E-state index contributed by atoms with van der Waals surface area (Å²) in [5.74, 6) is 1.98. The monoisotopic (exact) mass is 549 g/mol. The van der Waals surface area contributed by atoms with Gasteiger partial charge in [0.05, 0.1) is 26.7 Å². The van der Waals surface area contributed by atoms with E-state index in [-0.39, 0.29) is 22.8 Å². The predicted octanol–water partition coefficient (Wildman–Crippen LogP) is 0.747. The minimum Gasteiger partial charge on any atom is -1.00 e. The quantitative estimate of drug-likeness (QED) is 0.228. The van der Waals surface area contributed by atoms with Crippen molar-refractivity contribution in [2.75, 3.05) is 40.0 Å². The van der Waals surface area contributed by atoms with Crippen LogP contribution in [0.15, 0.2) is 78.9 Å². The normalized spacial score (nSPS) is 13.9. The zero-order valence-corrected chi connectivity index (χ0v) is 22.2. The van der Waals surface area contributed by atoms with Crippen molar-refractivity contribution in [2.24, 2.45) is 0 Å². The van der Waals surface area contributed by atoms with Crippen LogP contribution in [-0.2, 0) is 24.2 Å². The van der Waals surface area contributed by atoms with Crippen molar-refractivity contribution in [3.05, 3.63) is 95.8 Å². The first kappa shape index (κ1) is 26.1. The second kappa shape index (κ2) is 12.3. The Morgan fingerprint density at radius 1 is 0.917 bits per heavy atom. The molecule has 0 aliphatic carbocycles. The SMILES string of the molecule is COc1ccc(C(=O)C[n+]2c(Cc3ccccc3)n(CCN3CCOCC3)c3ccccc32)cc1.[Br-]. The Balaban J connectivity index is 0.00000304. The van der Waals surface area contributed by atoms with E-state index in [4.69, 9.17) is 9.47 Å². The number of rotatable bonds is 9. The Kier molecular flexibility index (Phi) is 8.91. The summed E-state index contributed by atoms with van der Waals surface area (Å²) in [6.45, 7) is 5.62. The number of carbonyl (C=O) groups is 1. The van der Waals surface area contributed by atoms with Crippen LogP contribution in [0, 0.1) is 0 Å². The lowest BCUT2D eigenvalue weighted by molar-refractivity contribution is -0.665. The van der Waals surface area contributed by atoms with E-state index in [1.165, 1.54) is 5.56 Å². The molecular formula is C29H32BrN3O3. The molecule has 0 atom stereocenters. The number of ketones is 1. The highest BCUT2D eigenvalue weighted by Gasteiger charge is 2.27. The molecule has 1 fully saturated rings. The zero-order chi connectivity index (χ0) is 24.0. The first-order valence-corrected chi connectivity index (χ1v) is 12.2. The van der Waals surface area contributed by atoms with Gasteiger partial charge in [0, 0.05) is 25.2 Å². The van der Waals surface area contributed by atoms with Crippen molar-refractivity contribution in [2.45, 2.75) is 19.5 Å². The Morgan fingerprint density at radius 2 is 1.61 bits per heavy atom. The summed E-state index contributed by atoms with van der Waals surface area (Å²) in [5.41, 5.74) is 4.17. The number of hydrogen-bond donors (Lipinski definition) is 0. The van der Waals surface area contributed by atoms with Crippen LogP contribution in [0.4, 0.5) is 0 Å². The van der Waals surface area contributed by atoms with Gasteiger partial charge in [-0.2, -0.15) is 0 Å². The number of para-hydroxylation sites is 2. The number of aromatic nitrogens is 2. The number of methoxy groups -OCH3 is 1. The summed E-state index contributed by atoms with van der Waals surface area (Å²) in [5, 5.41) is 0.